The Hall–Kier alpha value is -2.26. The molecule has 1 atom stereocenters. The second-order valence-electron chi connectivity index (χ2n) is 7.26. The van der Waals surface area contributed by atoms with E-state index in [1.54, 1.807) is 26.4 Å². The van der Waals surface area contributed by atoms with Gasteiger partial charge in [0.05, 0.1) is 27.4 Å². The summed E-state index contributed by atoms with van der Waals surface area (Å²) in [5.74, 6) is 2.51. The van der Waals surface area contributed by atoms with Gasteiger partial charge in [-0.3, -0.25) is 4.79 Å². The Balaban J connectivity index is 2.22. The molecule has 5 nitrogen and oxygen atoms in total. The number of methoxy groups -OCH3 is 2. The summed E-state index contributed by atoms with van der Waals surface area (Å²) >= 11 is 0. The molecule has 2 rings (SSSR count). The average Bonchev–Trinajstić information content (AvgIpc) is 2.80. The Labute approximate surface area is 188 Å². The lowest BCUT2D eigenvalue weighted by Gasteiger charge is -2.15. The minimum atomic E-state index is -0.115. The Morgan fingerprint density at radius 2 is 1.42 bits per heavy atom. The van der Waals surface area contributed by atoms with Crippen LogP contribution in [0.2, 0.25) is 0 Å². The largest absolute Gasteiger partial charge is 0.496 e. The van der Waals surface area contributed by atoms with Crippen molar-refractivity contribution in [2.45, 2.75) is 52.4 Å². The van der Waals surface area contributed by atoms with Crippen molar-refractivity contribution in [2.75, 3.05) is 27.4 Å². The molecule has 2 aromatic carbocycles. The van der Waals surface area contributed by atoms with Crippen molar-refractivity contribution in [1.29, 1.82) is 0 Å². The first kappa shape index (κ1) is 25.0. The summed E-state index contributed by atoms with van der Waals surface area (Å²) in [6.45, 7) is 5.64. The van der Waals surface area contributed by atoms with Gasteiger partial charge in [0.2, 0.25) is 0 Å². The quantitative estimate of drug-likeness (QED) is 0.249. The van der Waals surface area contributed by atoms with Crippen LogP contribution in [-0.2, 0) is 0 Å². The minimum Gasteiger partial charge on any atom is -0.496 e. The van der Waals surface area contributed by atoms with Gasteiger partial charge in [0.15, 0.2) is 5.52 Å². The highest BCUT2D eigenvalue weighted by Crippen LogP contribution is 2.35. The zero-order chi connectivity index (χ0) is 22.5. The second kappa shape index (κ2) is 13.9. The molecule has 170 valence electrons. The van der Waals surface area contributed by atoms with Crippen LogP contribution in [0, 0.1) is 0 Å². The number of carbonyl (C=O) groups excluding carboxylic acids is 1. The van der Waals surface area contributed by atoms with Crippen molar-refractivity contribution >= 4 is 19.4 Å². The number of rotatable bonds is 15. The Kier molecular flexibility index (Phi) is 11.2. The van der Waals surface area contributed by atoms with Crippen LogP contribution in [0.25, 0.3) is 0 Å². The lowest BCUT2D eigenvalue weighted by atomic mass is 10.2. The molecule has 0 aliphatic carbocycles. The standard InChI is InChI=1S/C25H35O5P/c1-5-7-9-16-29-19-14-15-23(22(18-19)30-17-10-8-6-2)31-25(26)24-20(27-3)12-11-13-21(24)28-4/h11-15,18,31H,5-10,16-17H2,1-4H3. The van der Waals surface area contributed by atoms with Crippen LogP contribution in [-0.4, -0.2) is 33.0 Å². The Morgan fingerprint density at radius 3 is 2.00 bits per heavy atom. The molecule has 0 aliphatic rings. The van der Waals surface area contributed by atoms with E-state index in [2.05, 4.69) is 13.8 Å². The molecule has 0 N–H and O–H groups in total. The summed E-state index contributed by atoms with van der Waals surface area (Å²) in [6, 6.07) is 11.1. The summed E-state index contributed by atoms with van der Waals surface area (Å²) < 4.78 is 22.8. The second-order valence-corrected chi connectivity index (χ2v) is 8.50. The van der Waals surface area contributed by atoms with Crippen molar-refractivity contribution in [3.63, 3.8) is 0 Å². The monoisotopic (exact) mass is 446 g/mol. The van der Waals surface area contributed by atoms with Gasteiger partial charge in [-0.2, -0.15) is 0 Å². The molecular formula is C25H35O5P. The summed E-state index contributed by atoms with van der Waals surface area (Å²) in [7, 11) is 3.00. The van der Waals surface area contributed by atoms with E-state index < -0.39 is 0 Å². The molecule has 2 aromatic rings. The van der Waals surface area contributed by atoms with E-state index in [1.807, 2.05) is 24.3 Å². The molecule has 0 saturated carbocycles. The highest BCUT2D eigenvalue weighted by atomic mass is 31.1. The van der Waals surface area contributed by atoms with Gasteiger partial charge in [-0.25, -0.2) is 0 Å². The first-order valence-electron chi connectivity index (χ1n) is 11.1. The molecule has 0 saturated heterocycles. The fourth-order valence-corrected chi connectivity index (χ4v) is 4.20. The number of hydrogen-bond donors (Lipinski definition) is 0. The van der Waals surface area contributed by atoms with Crippen LogP contribution in [0.4, 0.5) is 0 Å². The third kappa shape index (κ3) is 7.74. The smallest absolute Gasteiger partial charge is 0.193 e. The molecule has 6 heteroatoms. The van der Waals surface area contributed by atoms with Gasteiger partial charge in [-0.15, -0.1) is 0 Å². The maximum atomic E-state index is 13.2. The summed E-state index contributed by atoms with van der Waals surface area (Å²) in [6.07, 6.45) is 6.55. The molecule has 0 amide bonds. The van der Waals surface area contributed by atoms with Crippen LogP contribution in [0.3, 0.4) is 0 Å². The van der Waals surface area contributed by atoms with E-state index in [4.69, 9.17) is 18.9 Å². The summed E-state index contributed by atoms with van der Waals surface area (Å²) in [5.41, 5.74) is 0.409. The molecule has 31 heavy (non-hydrogen) atoms. The van der Waals surface area contributed by atoms with E-state index in [0.29, 0.717) is 36.0 Å². The number of hydrogen-bond acceptors (Lipinski definition) is 5. The molecule has 0 aromatic heterocycles. The van der Waals surface area contributed by atoms with Crippen molar-refractivity contribution in [3.05, 3.63) is 42.0 Å². The third-order valence-corrected chi connectivity index (χ3v) is 6.04. The van der Waals surface area contributed by atoms with E-state index >= 15 is 0 Å². The fourth-order valence-electron chi connectivity index (χ4n) is 3.15. The van der Waals surface area contributed by atoms with Gasteiger partial charge in [-0.1, -0.05) is 45.6 Å². The fraction of sp³-hybridized carbons (Fsp3) is 0.480. The maximum Gasteiger partial charge on any atom is 0.193 e. The third-order valence-electron chi connectivity index (χ3n) is 4.88. The highest BCUT2D eigenvalue weighted by Gasteiger charge is 2.20. The molecule has 0 radical (unpaired) electrons. The van der Waals surface area contributed by atoms with Crippen molar-refractivity contribution in [1.82, 2.24) is 0 Å². The lowest BCUT2D eigenvalue weighted by Crippen LogP contribution is -2.10. The summed E-state index contributed by atoms with van der Waals surface area (Å²) in [5, 5.41) is 0.857. The van der Waals surface area contributed by atoms with Crippen LogP contribution < -0.4 is 24.3 Å². The maximum absolute atomic E-state index is 13.2. The zero-order valence-corrected chi connectivity index (χ0v) is 20.2. The van der Waals surface area contributed by atoms with E-state index in [-0.39, 0.29) is 14.1 Å². The van der Waals surface area contributed by atoms with Gasteiger partial charge < -0.3 is 18.9 Å². The molecule has 0 heterocycles. The van der Waals surface area contributed by atoms with Crippen molar-refractivity contribution in [3.8, 4) is 23.0 Å². The minimum absolute atomic E-state index is 0.0516. The lowest BCUT2D eigenvalue weighted by molar-refractivity contribution is 0.108. The van der Waals surface area contributed by atoms with Crippen molar-refractivity contribution in [2.24, 2.45) is 0 Å². The first-order valence-corrected chi connectivity index (χ1v) is 12.1. The van der Waals surface area contributed by atoms with Crippen molar-refractivity contribution < 1.29 is 23.7 Å². The zero-order valence-electron chi connectivity index (χ0n) is 19.2. The normalized spacial score (nSPS) is 11.0. The van der Waals surface area contributed by atoms with Gasteiger partial charge in [0.1, 0.15) is 28.6 Å². The Bertz CT molecular complexity index is 799. The van der Waals surface area contributed by atoms with Crippen LogP contribution in [0.15, 0.2) is 36.4 Å². The van der Waals surface area contributed by atoms with Gasteiger partial charge in [-0.05, 0) is 45.7 Å². The van der Waals surface area contributed by atoms with E-state index in [9.17, 15) is 4.79 Å². The molecule has 0 fully saturated rings. The van der Waals surface area contributed by atoms with Crippen LogP contribution in [0.1, 0.15) is 62.7 Å². The number of benzene rings is 2. The highest BCUT2D eigenvalue weighted by molar-refractivity contribution is 7.66. The molecule has 0 spiro atoms. The van der Waals surface area contributed by atoms with Gasteiger partial charge in [0.25, 0.3) is 0 Å². The predicted molar refractivity (Wildman–Crippen MR) is 128 cm³/mol. The Morgan fingerprint density at radius 1 is 0.806 bits per heavy atom. The predicted octanol–water partition coefficient (Wildman–Crippen LogP) is 5.99. The van der Waals surface area contributed by atoms with Gasteiger partial charge >= 0.3 is 0 Å². The van der Waals surface area contributed by atoms with Crippen LogP contribution in [0.5, 0.6) is 23.0 Å². The van der Waals surface area contributed by atoms with Gasteiger partial charge in [0, 0.05) is 11.4 Å². The molecule has 1 unspecified atom stereocenters. The summed E-state index contributed by atoms with van der Waals surface area (Å²) in [4.78, 5) is 13.2. The van der Waals surface area contributed by atoms with E-state index in [1.165, 1.54) is 0 Å². The number of ether oxygens (including phenoxy) is 4. The number of unbranched alkanes of at least 4 members (excludes halogenated alkanes) is 4. The molecular weight excluding hydrogens is 411 g/mol. The molecule has 0 bridgehead atoms. The topological polar surface area (TPSA) is 54.0 Å². The SMILES string of the molecule is CCCCCOc1ccc(PC(=O)c2c(OC)cccc2OC)c(OCCCCC)c1. The van der Waals surface area contributed by atoms with E-state index in [0.717, 1.165) is 49.6 Å². The number of carbonyl (C=O) groups is 1. The average molecular weight is 447 g/mol. The van der Waals surface area contributed by atoms with Crippen LogP contribution >= 0.6 is 8.58 Å². The molecule has 0 aliphatic heterocycles. The first-order chi connectivity index (χ1) is 15.1.